The van der Waals surface area contributed by atoms with E-state index in [9.17, 15) is 9.90 Å². The van der Waals surface area contributed by atoms with E-state index in [1.807, 2.05) is 54.3 Å². The van der Waals surface area contributed by atoms with E-state index < -0.39 is 5.41 Å². The molecule has 0 saturated heterocycles. The van der Waals surface area contributed by atoms with Gasteiger partial charge in [0.2, 0.25) is 0 Å². The molecule has 4 aromatic rings. The fourth-order valence-electron chi connectivity index (χ4n) is 6.10. The Balaban J connectivity index is 1.51. The summed E-state index contributed by atoms with van der Waals surface area (Å²) in [5, 5.41) is 22.6. The number of carbonyl (C=O) groups is 1. The van der Waals surface area contributed by atoms with Crippen LogP contribution in [0.2, 0.25) is 0 Å². The standard InChI is InChI=1S/C27H25N5O2/c1-17-23-8-7-22-24(19-14-29-32(15-19)21-9-11-28-12-10-21)30-31-26(22)27(23,13-18(16-33)25(17)34)20-5-3-2-4-6-20/h2-6,9-12,14-17,23,33H,7-8,13H2,1H3,(H,30,31)/b18-16-/t17-,23-,27+/m0/s1. The van der Waals surface area contributed by atoms with Crippen LogP contribution in [0.15, 0.2) is 79.1 Å². The van der Waals surface area contributed by atoms with Gasteiger partial charge in [-0.05, 0) is 42.9 Å². The second-order valence-corrected chi connectivity index (χ2v) is 9.27. The van der Waals surface area contributed by atoms with Crippen LogP contribution in [0.5, 0.6) is 0 Å². The molecule has 2 aliphatic rings. The minimum Gasteiger partial charge on any atom is -0.515 e. The topological polar surface area (TPSA) is 96.7 Å². The second kappa shape index (κ2) is 7.80. The second-order valence-electron chi connectivity index (χ2n) is 9.27. The van der Waals surface area contributed by atoms with Crippen molar-refractivity contribution in [3.63, 3.8) is 0 Å². The molecule has 1 aromatic carbocycles. The average molecular weight is 452 g/mol. The van der Waals surface area contributed by atoms with Crippen molar-refractivity contribution in [2.24, 2.45) is 11.8 Å². The van der Waals surface area contributed by atoms with E-state index in [1.54, 1.807) is 12.4 Å². The number of hydrogen-bond acceptors (Lipinski definition) is 5. The van der Waals surface area contributed by atoms with Crippen LogP contribution in [0.4, 0.5) is 0 Å². The number of aromatic nitrogens is 5. The van der Waals surface area contributed by atoms with Crippen LogP contribution < -0.4 is 0 Å². The highest BCUT2D eigenvalue weighted by Crippen LogP contribution is 2.56. The summed E-state index contributed by atoms with van der Waals surface area (Å²) in [6.45, 7) is 1.99. The first-order chi connectivity index (χ1) is 16.6. The molecule has 3 heterocycles. The molecular weight excluding hydrogens is 426 g/mol. The molecule has 0 bridgehead atoms. The molecule has 170 valence electrons. The number of Topliss-reactive ketones (excluding diaryl/α,β-unsaturated/α-hetero) is 1. The van der Waals surface area contributed by atoms with Crippen LogP contribution in [0, 0.1) is 11.8 Å². The molecule has 6 rings (SSSR count). The van der Waals surface area contributed by atoms with Crippen molar-refractivity contribution in [3.8, 4) is 16.9 Å². The summed E-state index contributed by atoms with van der Waals surface area (Å²) in [5.41, 5.74) is 6.13. The molecule has 0 unspecified atom stereocenters. The van der Waals surface area contributed by atoms with Gasteiger partial charge in [-0.1, -0.05) is 37.3 Å². The van der Waals surface area contributed by atoms with Crippen molar-refractivity contribution < 1.29 is 9.90 Å². The number of aliphatic hydroxyl groups excluding tert-OH is 1. The SMILES string of the molecule is C[C@@H]1C(=O)/C(=C\O)C[C@]2(c3ccccc3)c3[nH]nc(-c4cnn(-c5ccncc5)c4)c3CC[C@@H]12. The highest BCUT2D eigenvalue weighted by Gasteiger charge is 2.55. The Hall–Kier alpha value is -4.00. The fourth-order valence-corrected chi connectivity index (χ4v) is 6.10. The third kappa shape index (κ3) is 2.89. The largest absolute Gasteiger partial charge is 0.515 e. The number of allylic oxidation sites excluding steroid dienone is 1. The number of H-pyrrole nitrogens is 1. The Morgan fingerprint density at radius 2 is 1.97 bits per heavy atom. The van der Waals surface area contributed by atoms with Crippen LogP contribution >= 0.6 is 0 Å². The Kier molecular flexibility index (Phi) is 4.72. The van der Waals surface area contributed by atoms with Crippen LogP contribution in [0.25, 0.3) is 16.9 Å². The lowest BCUT2D eigenvalue weighted by Crippen LogP contribution is -2.50. The van der Waals surface area contributed by atoms with Gasteiger partial charge < -0.3 is 5.11 Å². The van der Waals surface area contributed by atoms with Crippen molar-refractivity contribution in [2.75, 3.05) is 0 Å². The van der Waals surface area contributed by atoms with Crippen molar-refractivity contribution in [1.29, 1.82) is 0 Å². The van der Waals surface area contributed by atoms with Gasteiger partial charge in [-0.3, -0.25) is 14.9 Å². The van der Waals surface area contributed by atoms with E-state index in [1.165, 1.54) is 0 Å². The maximum atomic E-state index is 13.0. The van der Waals surface area contributed by atoms with E-state index in [4.69, 9.17) is 5.10 Å². The number of nitrogens with zero attached hydrogens (tertiary/aromatic N) is 4. The van der Waals surface area contributed by atoms with Gasteiger partial charge in [-0.2, -0.15) is 10.2 Å². The lowest BCUT2D eigenvalue weighted by atomic mass is 9.52. The lowest BCUT2D eigenvalue weighted by molar-refractivity contribution is -0.123. The van der Waals surface area contributed by atoms with Gasteiger partial charge in [0.15, 0.2) is 5.78 Å². The number of carbonyl (C=O) groups excluding carboxylic acids is 1. The van der Waals surface area contributed by atoms with Crippen molar-refractivity contribution in [1.82, 2.24) is 25.0 Å². The first-order valence-corrected chi connectivity index (χ1v) is 11.6. The molecule has 0 aliphatic heterocycles. The molecule has 1 fully saturated rings. The summed E-state index contributed by atoms with van der Waals surface area (Å²) < 4.78 is 1.82. The Morgan fingerprint density at radius 1 is 1.18 bits per heavy atom. The quantitative estimate of drug-likeness (QED) is 0.352. The molecule has 3 atom stereocenters. The first-order valence-electron chi connectivity index (χ1n) is 11.6. The van der Waals surface area contributed by atoms with Crippen LogP contribution in [-0.2, 0) is 16.6 Å². The molecule has 34 heavy (non-hydrogen) atoms. The normalized spacial score (nSPS) is 25.2. The number of aliphatic hydroxyl groups is 1. The molecule has 1 saturated carbocycles. The number of ketones is 1. The van der Waals surface area contributed by atoms with Crippen molar-refractivity contribution in [2.45, 2.75) is 31.6 Å². The number of rotatable bonds is 3. The molecule has 0 radical (unpaired) electrons. The molecule has 2 N–H and O–H groups in total. The van der Waals surface area contributed by atoms with Crippen LogP contribution in [0.1, 0.15) is 36.6 Å². The van der Waals surface area contributed by atoms with Crippen LogP contribution in [-0.4, -0.2) is 35.9 Å². The molecule has 2 aliphatic carbocycles. The maximum absolute atomic E-state index is 13.0. The summed E-state index contributed by atoms with van der Waals surface area (Å²) in [4.78, 5) is 17.1. The predicted molar refractivity (Wildman–Crippen MR) is 127 cm³/mol. The summed E-state index contributed by atoms with van der Waals surface area (Å²) in [6.07, 6.45) is 10.5. The van der Waals surface area contributed by atoms with Crippen molar-refractivity contribution in [3.05, 3.63) is 95.9 Å². The molecular formula is C27H25N5O2. The summed E-state index contributed by atoms with van der Waals surface area (Å²) in [7, 11) is 0. The lowest BCUT2D eigenvalue weighted by Gasteiger charge is -2.50. The van der Waals surface area contributed by atoms with Gasteiger partial charge in [-0.15, -0.1) is 0 Å². The Bertz CT molecular complexity index is 1390. The number of benzene rings is 1. The van der Waals surface area contributed by atoms with E-state index in [-0.39, 0.29) is 17.6 Å². The third-order valence-corrected chi connectivity index (χ3v) is 7.68. The highest BCUT2D eigenvalue weighted by molar-refractivity contribution is 5.98. The van der Waals surface area contributed by atoms with Crippen molar-refractivity contribution >= 4 is 5.78 Å². The minimum absolute atomic E-state index is 0.0425. The van der Waals surface area contributed by atoms with Gasteiger partial charge in [0.05, 0.1) is 29.5 Å². The molecule has 0 spiro atoms. The molecule has 7 nitrogen and oxygen atoms in total. The van der Waals surface area contributed by atoms with Gasteiger partial charge in [0, 0.05) is 46.6 Å². The molecule has 0 amide bonds. The number of hydrogen-bond donors (Lipinski definition) is 2. The smallest absolute Gasteiger partial charge is 0.165 e. The van der Waals surface area contributed by atoms with Gasteiger partial charge in [0.25, 0.3) is 0 Å². The monoisotopic (exact) mass is 451 g/mol. The summed E-state index contributed by atoms with van der Waals surface area (Å²) in [6, 6.07) is 14.2. The molecule has 7 heteroatoms. The number of fused-ring (bicyclic) bond motifs is 3. The maximum Gasteiger partial charge on any atom is 0.165 e. The highest BCUT2D eigenvalue weighted by atomic mass is 16.2. The van der Waals surface area contributed by atoms with Gasteiger partial charge in [-0.25, -0.2) is 4.68 Å². The average Bonchev–Trinajstić information content (AvgIpc) is 3.55. The first kappa shape index (κ1) is 20.6. The fraction of sp³-hybridized carbons (Fsp3) is 0.259. The van der Waals surface area contributed by atoms with Gasteiger partial charge in [0.1, 0.15) is 0 Å². The third-order valence-electron chi connectivity index (χ3n) is 7.68. The van der Waals surface area contributed by atoms with E-state index >= 15 is 0 Å². The number of pyridine rings is 1. The van der Waals surface area contributed by atoms with E-state index in [0.717, 1.165) is 52.9 Å². The zero-order valence-electron chi connectivity index (χ0n) is 18.8. The van der Waals surface area contributed by atoms with Gasteiger partial charge >= 0.3 is 0 Å². The minimum atomic E-state index is -0.455. The Labute approximate surface area is 197 Å². The zero-order chi connectivity index (χ0) is 23.3. The summed E-state index contributed by atoms with van der Waals surface area (Å²) in [5.74, 6) is -0.0333. The predicted octanol–water partition coefficient (Wildman–Crippen LogP) is 4.56. The number of nitrogens with one attached hydrogen (secondary N) is 1. The molecule has 3 aromatic heterocycles. The Morgan fingerprint density at radius 3 is 2.74 bits per heavy atom. The van der Waals surface area contributed by atoms with Crippen LogP contribution in [0.3, 0.4) is 0 Å². The zero-order valence-corrected chi connectivity index (χ0v) is 18.8. The van der Waals surface area contributed by atoms with E-state index in [2.05, 4.69) is 27.3 Å². The number of aromatic amines is 1. The van der Waals surface area contributed by atoms with E-state index in [0.29, 0.717) is 12.0 Å². The summed E-state index contributed by atoms with van der Waals surface area (Å²) >= 11 is 0.